The highest BCUT2D eigenvalue weighted by Crippen LogP contribution is 2.24. The number of nitrogens with one attached hydrogen (secondary N) is 1. The Morgan fingerprint density at radius 1 is 1.15 bits per heavy atom. The summed E-state index contributed by atoms with van der Waals surface area (Å²) >= 11 is 0. The Bertz CT molecular complexity index is 1140. The van der Waals surface area contributed by atoms with E-state index in [4.69, 9.17) is 4.74 Å². The van der Waals surface area contributed by atoms with Gasteiger partial charge in [0.1, 0.15) is 11.1 Å². The van der Waals surface area contributed by atoms with Gasteiger partial charge >= 0.3 is 5.69 Å². The summed E-state index contributed by atoms with van der Waals surface area (Å²) in [5, 5.41) is 2.95. The molecule has 0 saturated heterocycles. The van der Waals surface area contributed by atoms with Crippen molar-refractivity contribution in [2.45, 2.75) is 6.92 Å². The number of pyridine rings is 1. The van der Waals surface area contributed by atoms with Crippen molar-refractivity contribution >= 4 is 22.6 Å². The Hall–Kier alpha value is -3.42. The second kappa shape index (κ2) is 6.47. The predicted octanol–water partition coefficient (Wildman–Crippen LogP) is 1.20. The van der Waals surface area contributed by atoms with Crippen molar-refractivity contribution in [3.8, 4) is 5.75 Å². The Kier molecular flexibility index (Phi) is 4.33. The summed E-state index contributed by atoms with van der Waals surface area (Å²) in [5.74, 6) is -0.00438. The van der Waals surface area contributed by atoms with Crippen molar-refractivity contribution in [1.82, 2.24) is 14.1 Å². The molecule has 1 N–H and O–H groups in total. The van der Waals surface area contributed by atoms with Crippen molar-refractivity contribution in [1.29, 1.82) is 0 Å². The Morgan fingerprint density at radius 3 is 2.54 bits per heavy atom. The third kappa shape index (κ3) is 2.65. The maximum Gasteiger partial charge on any atom is 0.332 e. The average Bonchev–Trinajstić information content (AvgIpc) is 2.65. The van der Waals surface area contributed by atoms with E-state index < -0.39 is 17.2 Å². The molecule has 3 aromatic rings. The number of anilines is 1. The summed E-state index contributed by atoms with van der Waals surface area (Å²) in [7, 11) is 4.39. The standard InChI is InChI=1S/C18H18N4O4/c1-10-9-19-15-13(17(24)22(3)18(25)21(15)2)14(10)20-16(23)11-7-5-6-8-12(11)26-4/h5-9H,1-4H3,(H,19,20,23). The second-order valence-corrected chi connectivity index (χ2v) is 5.87. The molecule has 0 saturated carbocycles. The molecule has 8 nitrogen and oxygen atoms in total. The van der Waals surface area contributed by atoms with Gasteiger partial charge in [-0.15, -0.1) is 0 Å². The van der Waals surface area contributed by atoms with Crippen LogP contribution in [0.3, 0.4) is 0 Å². The summed E-state index contributed by atoms with van der Waals surface area (Å²) in [6.07, 6.45) is 1.51. The Morgan fingerprint density at radius 2 is 1.85 bits per heavy atom. The van der Waals surface area contributed by atoms with Gasteiger partial charge in [-0.05, 0) is 24.6 Å². The van der Waals surface area contributed by atoms with Crippen molar-refractivity contribution in [2.24, 2.45) is 14.1 Å². The number of ether oxygens (including phenoxy) is 1. The second-order valence-electron chi connectivity index (χ2n) is 5.87. The van der Waals surface area contributed by atoms with Crippen molar-refractivity contribution in [2.75, 3.05) is 12.4 Å². The quantitative estimate of drug-likeness (QED) is 0.763. The summed E-state index contributed by atoms with van der Waals surface area (Å²) in [6, 6.07) is 6.78. The minimum atomic E-state index is -0.519. The van der Waals surface area contributed by atoms with Gasteiger partial charge in [0.2, 0.25) is 0 Å². The topological polar surface area (TPSA) is 95.2 Å². The number of hydrogen-bond donors (Lipinski definition) is 1. The number of methoxy groups -OCH3 is 1. The molecule has 0 fully saturated rings. The summed E-state index contributed by atoms with van der Waals surface area (Å²) in [6.45, 7) is 1.73. The molecule has 1 amide bonds. The molecule has 0 bridgehead atoms. The summed E-state index contributed by atoms with van der Waals surface area (Å²) in [4.78, 5) is 41.7. The number of para-hydroxylation sites is 1. The first kappa shape index (κ1) is 17.4. The van der Waals surface area contributed by atoms with Gasteiger partial charge in [-0.3, -0.25) is 18.7 Å². The molecule has 0 spiro atoms. The van der Waals surface area contributed by atoms with Crippen molar-refractivity contribution in [3.05, 3.63) is 62.4 Å². The fourth-order valence-electron chi connectivity index (χ4n) is 2.80. The van der Waals surface area contributed by atoms with E-state index in [2.05, 4.69) is 10.3 Å². The van der Waals surface area contributed by atoms with Gasteiger partial charge in [0.05, 0.1) is 18.4 Å². The van der Waals surface area contributed by atoms with Crippen LogP contribution >= 0.6 is 0 Å². The fourth-order valence-corrected chi connectivity index (χ4v) is 2.80. The zero-order valence-electron chi connectivity index (χ0n) is 14.9. The number of rotatable bonds is 3. The SMILES string of the molecule is COc1ccccc1C(=O)Nc1c(C)cnc2c1c(=O)n(C)c(=O)n2C. The van der Waals surface area contributed by atoms with E-state index in [9.17, 15) is 14.4 Å². The highest BCUT2D eigenvalue weighted by Gasteiger charge is 2.19. The van der Waals surface area contributed by atoms with Crippen LogP contribution in [-0.4, -0.2) is 27.1 Å². The van der Waals surface area contributed by atoms with Crippen LogP contribution < -0.4 is 21.3 Å². The summed E-state index contributed by atoms with van der Waals surface area (Å²) < 4.78 is 7.48. The highest BCUT2D eigenvalue weighted by atomic mass is 16.5. The van der Waals surface area contributed by atoms with Crippen LogP contribution in [0.4, 0.5) is 5.69 Å². The number of aromatic nitrogens is 3. The van der Waals surface area contributed by atoms with Gasteiger partial charge in [0.25, 0.3) is 11.5 Å². The van der Waals surface area contributed by atoms with Gasteiger partial charge in [0.15, 0.2) is 5.65 Å². The number of fused-ring (bicyclic) bond motifs is 1. The average molecular weight is 354 g/mol. The zero-order valence-corrected chi connectivity index (χ0v) is 14.9. The van der Waals surface area contributed by atoms with Crippen LogP contribution in [0.5, 0.6) is 5.75 Å². The number of amides is 1. The van der Waals surface area contributed by atoms with Crippen LogP contribution in [0, 0.1) is 6.92 Å². The van der Waals surface area contributed by atoms with Crippen molar-refractivity contribution in [3.63, 3.8) is 0 Å². The van der Waals surface area contributed by atoms with E-state index in [0.717, 1.165) is 4.57 Å². The lowest BCUT2D eigenvalue weighted by molar-refractivity contribution is 0.102. The number of carbonyl (C=O) groups excluding carboxylic acids is 1. The number of aryl methyl sites for hydroxylation is 2. The summed E-state index contributed by atoms with van der Waals surface area (Å²) in [5.41, 5.74) is 0.467. The van der Waals surface area contributed by atoms with Crippen molar-refractivity contribution < 1.29 is 9.53 Å². The molecular formula is C18H18N4O4. The maximum atomic E-state index is 12.7. The normalized spacial score (nSPS) is 10.8. The molecule has 0 unspecified atom stereocenters. The minimum absolute atomic E-state index is 0.179. The lowest BCUT2D eigenvalue weighted by Crippen LogP contribution is -2.37. The monoisotopic (exact) mass is 354 g/mol. The van der Waals surface area contributed by atoms with Gasteiger partial charge in [-0.2, -0.15) is 0 Å². The van der Waals surface area contributed by atoms with Crippen LogP contribution in [0.2, 0.25) is 0 Å². The Balaban J connectivity index is 2.23. The van der Waals surface area contributed by atoms with Crippen LogP contribution in [0.1, 0.15) is 15.9 Å². The van der Waals surface area contributed by atoms with E-state index in [0.29, 0.717) is 22.6 Å². The molecule has 0 aliphatic carbocycles. The number of benzene rings is 1. The molecule has 2 heterocycles. The van der Waals surface area contributed by atoms with Crippen LogP contribution in [0.15, 0.2) is 40.1 Å². The molecule has 0 aliphatic rings. The molecule has 8 heteroatoms. The molecule has 3 rings (SSSR count). The third-order valence-corrected chi connectivity index (χ3v) is 4.25. The first-order chi connectivity index (χ1) is 12.4. The molecular weight excluding hydrogens is 336 g/mol. The van der Waals surface area contributed by atoms with Crippen LogP contribution in [-0.2, 0) is 14.1 Å². The molecule has 1 aromatic carbocycles. The number of nitrogens with zero attached hydrogens (tertiary/aromatic N) is 3. The van der Waals surface area contributed by atoms with Gasteiger partial charge in [0, 0.05) is 20.3 Å². The number of carbonyl (C=O) groups is 1. The third-order valence-electron chi connectivity index (χ3n) is 4.25. The van der Waals surface area contributed by atoms with Crippen LogP contribution in [0.25, 0.3) is 11.0 Å². The van der Waals surface area contributed by atoms with E-state index in [1.165, 1.54) is 32.0 Å². The minimum Gasteiger partial charge on any atom is -0.496 e. The molecule has 2 aromatic heterocycles. The largest absolute Gasteiger partial charge is 0.496 e. The maximum absolute atomic E-state index is 12.7. The van der Waals surface area contributed by atoms with Gasteiger partial charge < -0.3 is 10.1 Å². The molecule has 0 radical (unpaired) electrons. The van der Waals surface area contributed by atoms with Gasteiger partial charge in [-0.1, -0.05) is 12.1 Å². The van der Waals surface area contributed by atoms with E-state index in [1.54, 1.807) is 31.2 Å². The zero-order chi connectivity index (χ0) is 19.0. The van der Waals surface area contributed by atoms with Gasteiger partial charge in [-0.25, -0.2) is 9.78 Å². The first-order valence-corrected chi connectivity index (χ1v) is 7.86. The lowest BCUT2D eigenvalue weighted by Gasteiger charge is -2.14. The van der Waals surface area contributed by atoms with E-state index >= 15 is 0 Å². The molecule has 134 valence electrons. The predicted molar refractivity (Wildman–Crippen MR) is 97.9 cm³/mol. The molecule has 26 heavy (non-hydrogen) atoms. The first-order valence-electron chi connectivity index (χ1n) is 7.86. The van der Waals surface area contributed by atoms with E-state index in [-0.39, 0.29) is 11.0 Å². The number of hydrogen-bond acceptors (Lipinski definition) is 5. The highest BCUT2D eigenvalue weighted by molar-refractivity contribution is 6.10. The van der Waals surface area contributed by atoms with E-state index in [1.807, 2.05) is 0 Å². The Labute approximate surface area is 148 Å². The molecule has 0 aliphatic heterocycles. The molecule has 0 atom stereocenters. The lowest BCUT2D eigenvalue weighted by atomic mass is 10.1. The smallest absolute Gasteiger partial charge is 0.332 e. The fraction of sp³-hybridized carbons (Fsp3) is 0.222.